The molecule has 0 radical (unpaired) electrons. The van der Waals surface area contributed by atoms with Crippen molar-refractivity contribution in [2.75, 3.05) is 5.32 Å². The highest BCUT2D eigenvalue weighted by Crippen LogP contribution is 2.43. The van der Waals surface area contributed by atoms with Gasteiger partial charge in [-0.25, -0.2) is 9.97 Å². The molecule has 1 atom stereocenters. The lowest BCUT2D eigenvalue weighted by Gasteiger charge is -2.40. The number of aryl methyl sites for hydroxylation is 1. The fourth-order valence-corrected chi connectivity index (χ4v) is 3.73. The maximum atomic E-state index is 12.6. The lowest BCUT2D eigenvalue weighted by atomic mass is 9.78. The number of fused-ring (bicyclic) bond motifs is 1. The van der Waals surface area contributed by atoms with Gasteiger partial charge in [-0.1, -0.05) is 11.6 Å². The van der Waals surface area contributed by atoms with Crippen molar-refractivity contribution in [2.45, 2.75) is 70.2 Å². The number of carbonyl (C=O) groups is 1. The summed E-state index contributed by atoms with van der Waals surface area (Å²) >= 11 is 6.16. The third-order valence-corrected chi connectivity index (χ3v) is 5.49. The summed E-state index contributed by atoms with van der Waals surface area (Å²) in [6.07, 6.45) is -4.06. The fraction of sp³-hybridized carbons (Fsp3) is 0.611. The molecule has 2 aromatic heterocycles. The predicted molar refractivity (Wildman–Crippen MR) is 99.3 cm³/mol. The second-order valence-electron chi connectivity index (χ2n) is 8.07. The van der Waals surface area contributed by atoms with Gasteiger partial charge in [0.05, 0.1) is 18.4 Å². The number of halogens is 4. The van der Waals surface area contributed by atoms with Crippen LogP contribution in [0, 0.1) is 6.92 Å². The number of imidazole rings is 1. The van der Waals surface area contributed by atoms with E-state index in [-0.39, 0.29) is 11.5 Å². The van der Waals surface area contributed by atoms with Gasteiger partial charge in [0.1, 0.15) is 10.7 Å². The van der Waals surface area contributed by atoms with E-state index in [1.165, 1.54) is 0 Å². The minimum Gasteiger partial charge on any atom is -0.389 e. The maximum Gasteiger partial charge on any atom is 0.391 e. The second-order valence-corrected chi connectivity index (χ2v) is 8.43. The van der Waals surface area contributed by atoms with Gasteiger partial charge in [-0.15, -0.1) is 0 Å². The van der Waals surface area contributed by atoms with Gasteiger partial charge in [0.15, 0.2) is 5.65 Å². The number of hydrogen-bond acceptors (Lipinski definition) is 4. The SMILES string of the molecule is Cc1cc2nc(NC(=O)CC(C)(O)CC(F)(F)F)n(C3(C)CCC3)c2nc1Cl. The Balaban J connectivity index is 1.92. The van der Waals surface area contributed by atoms with Crippen LogP contribution in [0.4, 0.5) is 19.1 Å². The average molecular weight is 419 g/mol. The lowest BCUT2D eigenvalue weighted by Crippen LogP contribution is -2.39. The topological polar surface area (TPSA) is 80.0 Å². The van der Waals surface area contributed by atoms with Crippen LogP contribution in [-0.2, 0) is 10.3 Å². The first-order chi connectivity index (χ1) is 12.8. The number of carbonyl (C=O) groups excluding carboxylic acids is 1. The van der Waals surface area contributed by atoms with Crippen LogP contribution in [-0.4, -0.2) is 37.3 Å². The second kappa shape index (κ2) is 6.88. The smallest absolute Gasteiger partial charge is 0.389 e. The number of alkyl halides is 3. The lowest BCUT2D eigenvalue weighted by molar-refractivity contribution is -0.174. The van der Waals surface area contributed by atoms with Crippen LogP contribution in [0.1, 0.15) is 51.5 Å². The highest BCUT2D eigenvalue weighted by molar-refractivity contribution is 6.30. The van der Waals surface area contributed by atoms with E-state index in [0.717, 1.165) is 31.7 Å². The molecule has 0 bridgehead atoms. The van der Waals surface area contributed by atoms with Crippen molar-refractivity contribution in [1.82, 2.24) is 14.5 Å². The van der Waals surface area contributed by atoms with Crippen LogP contribution < -0.4 is 5.32 Å². The Morgan fingerprint density at radius 2 is 2.04 bits per heavy atom. The quantitative estimate of drug-likeness (QED) is 0.708. The number of amides is 1. The molecule has 0 spiro atoms. The standard InChI is InChI=1S/C18H22ClF3N4O2/c1-10-7-11-14(25-13(10)19)26(16(2)5-4-6-16)15(23-11)24-12(27)8-17(3,28)9-18(20,21)22/h7,28H,4-6,8-9H2,1-3H3,(H,23,24,27). The van der Waals surface area contributed by atoms with Crippen LogP contribution in [0.2, 0.25) is 5.15 Å². The number of anilines is 1. The first kappa shape index (κ1) is 20.9. The highest BCUT2D eigenvalue weighted by Gasteiger charge is 2.41. The molecule has 3 rings (SSSR count). The molecule has 1 amide bonds. The van der Waals surface area contributed by atoms with E-state index in [1.54, 1.807) is 17.6 Å². The third-order valence-electron chi connectivity index (χ3n) is 5.11. The van der Waals surface area contributed by atoms with E-state index < -0.39 is 30.5 Å². The normalized spacial score (nSPS) is 18.6. The Hall–Kier alpha value is -1.87. The zero-order valence-electron chi connectivity index (χ0n) is 15.8. The van der Waals surface area contributed by atoms with E-state index in [1.807, 2.05) is 6.92 Å². The molecule has 28 heavy (non-hydrogen) atoms. The zero-order valence-corrected chi connectivity index (χ0v) is 16.6. The molecule has 2 aromatic rings. The van der Waals surface area contributed by atoms with Gasteiger partial charge in [0, 0.05) is 5.54 Å². The molecule has 1 unspecified atom stereocenters. The van der Waals surface area contributed by atoms with E-state index in [4.69, 9.17) is 11.6 Å². The van der Waals surface area contributed by atoms with Crippen molar-refractivity contribution in [1.29, 1.82) is 0 Å². The Bertz CT molecular complexity index is 920. The molecule has 10 heteroatoms. The van der Waals surface area contributed by atoms with Crippen LogP contribution in [0.25, 0.3) is 11.2 Å². The summed E-state index contributed by atoms with van der Waals surface area (Å²) in [6, 6.07) is 1.75. The summed E-state index contributed by atoms with van der Waals surface area (Å²) in [6.45, 7) is 4.77. The molecular weight excluding hydrogens is 397 g/mol. The van der Waals surface area contributed by atoms with Gasteiger partial charge in [-0.2, -0.15) is 13.2 Å². The predicted octanol–water partition coefficient (Wildman–Crippen LogP) is 4.32. The number of aromatic nitrogens is 3. The molecule has 6 nitrogen and oxygen atoms in total. The number of rotatable bonds is 5. The third kappa shape index (κ3) is 4.25. The average Bonchev–Trinajstić information content (AvgIpc) is 2.79. The Morgan fingerprint density at radius 1 is 1.39 bits per heavy atom. The minimum absolute atomic E-state index is 0.194. The fourth-order valence-electron chi connectivity index (χ4n) is 3.60. The van der Waals surface area contributed by atoms with Gasteiger partial charge in [0.2, 0.25) is 11.9 Å². The molecule has 1 aliphatic rings. The van der Waals surface area contributed by atoms with Gasteiger partial charge in [0.25, 0.3) is 0 Å². The summed E-state index contributed by atoms with van der Waals surface area (Å²) in [4.78, 5) is 21.2. The number of nitrogens with zero attached hydrogens (tertiary/aromatic N) is 3. The summed E-state index contributed by atoms with van der Waals surface area (Å²) in [5, 5.41) is 12.8. The number of aliphatic hydroxyl groups is 1. The van der Waals surface area contributed by atoms with Gasteiger partial charge < -0.3 is 5.11 Å². The van der Waals surface area contributed by atoms with E-state index >= 15 is 0 Å². The number of hydrogen-bond donors (Lipinski definition) is 2. The molecular formula is C18H22ClF3N4O2. The van der Waals surface area contributed by atoms with Gasteiger partial charge in [-0.05, 0) is 51.7 Å². The van der Waals surface area contributed by atoms with Crippen LogP contribution in [0.3, 0.4) is 0 Å². The largest absolute Gasteiger partial charge is 0.391 e. The minimum atomic E-state index is -4.57. The maximum absolute atomic E-state index is 12.6. The molecule has 0 aromatic carbocycles. The Kier molecular flexibility index (Phi) is 5.12. The summed E-state index contributed by atoms with van der Waals surface area (Å²) in [5.74, 6) is -0.560. The van der Waals surface area contributed by atoms with Crippen molar-refractivity contribution in [3.05, 3.63) is 16.8 Å². The molecule has 154 valence electrons. The van der Waals surface area contributed by atoms with Crippen molar-refractivity contribution in [3.8, 4) is 0 Å². The molecule has 1 aliphatic carbocycles. The zero-order chi connectivity index (χ0) is 20.9. The highest BCUT2D eigenvalue weighted by atomic mass is 35.5. The van der Waals surface area contributed by atoms with Crippen molar-refractivity contribution in [2.24, 2.45) is 0 Å². The summed E-state index contributed by atoms with van der Waals surface area (Å²) in [5.41, 5.74) is -0.763. The summed E-state index contributed by atoms with van der Waals surface area (Å²) in [7, 11) is 0. The van der Waals surface area contributed by atoms with Crippen molar-refractivity contribution < 1.29 is 23.1 Å². The first-order valence-corrected chi connectivity index (χ1v) is 9.33. The molecule has 2 heterocycles. The van der Waals surface area contributed by atoms with E-state index in [9.17, 15) is 23.1 Å². The van der Waals surface area contributed by atoms with Crippen LogP contribution >= 0.6 is 11.6 Å². The van der Waals surface area contributed by atoms with E-state index in [0.29, 0.717) is 16.3 Å². The molecule has 0 aliphatic heterocycles. The van der Waals surface area contributed by atoms with Crippen LogP contribution in [0.5, 0.6) is 0 Å². The molecule has 2 N–H and O–H groups in total. The molecule has 1 saturated carbocycles. The first-order valence-electron chi connectivity index (χ1n) is 8.95. The van der Waals surface area contributed by atoms with Crippen LogP contribution in [0.15, 0.2) is 6.07 Å². The Labute approximate surface area is 165 Å². The van der Waals surface area contributed by atoms with Gasteiger partial charge >= 0.3 is 6.18 Å². The number of nitrogens with one attached hydrogen (secondary N) is 1. The summed E-state index contributed by atoms with van der Waals surface area (Å²) < 4.78 is 39.6. The number of pyridine rings is 1. The Morgan fingerprint density at radius 3 is 2.57 bits per heavy atom. The monoisotopic (exact) mass is 418 g/mol. The van der Waals surface area contributed by atoms with Crippen molar-refractivity contribution in [3.63, 3.8) is 0 Å². The van der Waals surface area contributed by atoms with E-state index in [2.05, 4.69) is 15.3 Å². The van der Waals surface area contributed by atoms with Crippen molar-refractivity contribution >= 4 is 34.6 Å². The van der Waals surface area contributed by atoms with Gasteiger partial charge in [-0.3, -0.25) is 14.7 Å². The molecule has 1 fully saturated rings. The molecule has 0 saturated heterocycles.